The van der Waals surface area contributed by atoms with Crippen LogP contribution >= 0.6 is 0 Å². The number of nitrogens with two attached hydrogens (primary N) is 1. The average Bonchev–Trinajstić information content (AvgIpc) is 3.49. The first-order chi connectivity index (χ1) is 15.1. The molecule has 0 atom stereocenters. The molecule has 2 N–H and O–H groups in total. The molecule has 0 bridgehead atoms. The Morgan fingerprint density at radius 1 is 1.03 bits per heavy atom. The first-order valence-corrected chi connectivity index (χ1v) is 9.92. The highest BCUT2D eigenvalue weighted by Gasteiger charge is 2.26. The van der Waals surface area contributed by atoms with Gasteiger partial charge in [-0.1, -0.05) is 12.1 Å². The van der Waals surface area contributed by atoms with E-state index in [1.807, 2.05) is 16.7 Å². The second kappa shape index (κ2) is 7.60. The molecular formula is C22H20N6O3. The maximum Gasteiger partial charge on any atom is 0.289 e. The van der Waals surface area contributed by atoms with Gasteiger partial charge in [0.05, 0.1) is 18.2 Å². The smallest absolute Gasteiger partial charge is 0.289 e. The van der Waals surface area contributed by atoms with Crippen LogP contribution in [0.4, 0.5) is 5.82 Å². The average molecular weight is 416 g/mol. The van der Waals surface area contributed by atoms with E-state index < -0.39 is 5.91 Å². The summed E-state index contributed by atoms with van der Waals surface area (Å²) in [7, 11) is 0. The quantitative estimate of drug-likeness (QED) is 0.545. The number of carbonyl (C=O) groups excluding carboxylic acids is 2. The Morgan fingerprint density at radius 2 is 1.87 bits per heavy atom. The van der Waals surface area contributed by atoms with E-state index in [9.17, 15) is 9.59 Å². The van der Waals surface area contributed by atoms with Gasteiger partial charge in [-0.05, 0) is 24.3 Å². The lowest BCUT2D eigenvalue weighted by Crippen LogP contribution is -2.49. The lowest BCUT2D eigenvalue weighted by atomic mass is 10.1. The van der Waals surface area contributed by atoms with Crippen molar-refractivity contribution < 1.29 is 14.0 Å². The van der Waals surface area contributed by atoms with Crippen molar-refractivity contribution in [3.8, 4) is 11.3 Å². The van der Waals surface area contributed by atoms with Crippen molar-refractivity contribution in [3.63, 3.8) is 0 Å². The predicted octanol–water partition coefficient (Wildman–Crippen LogP) is 2.05. The normalized spacial score (nSPS) is 14.2. The monoisotopic (exact) mass is 416 g/mol. The molecule has 4 heterocycles. The van der Waals surface area contributed by atoms with Gasteiger partial charge in [-0.2, -0.15) is 0 Å². The van der Waals surface area contributed by atoms with Crippen molar-refractivity contribution in [2.75, 3.05) is 31.1 Å². The van der Waals surface area contributed by atoms with E-state index in [0.717, 1.165) is 17.1 Å². The summed E-state index contributed by atoms with van der Waals surface area (Å²) in [6.45, 7) is 2.41. The lowest BCUT2D eigenvalue weighted by molar-refractivity contribution is 0.0714. The maximum atomic E-state index is 12.5. The molecule has 0 saturated carbocycles. The fourth-order valence-corrected chi connectivity index (χ4v) is 3.85. The van der Waals surface area contributed by atoms with Gasteiger partial charge in [-0.15, -0.1) is 0 Å². The van der Waals surface area contributed by atoms with E-state index in [1.54, 1.807) is 47.6 Å². The van der Waals surface area contributed by atoms with Gasteiger partial charge < -0.3 is 20.0 Å². The molecule has 1 aromatic carbocycles. The molecule has 9 heteroatoms. The Morgan fingerprint density at radius 3 is 2.61 bits per heavy atom. The Balaban J connectivity index is 1.40. The molecule has 156 valence electrons. The molecule has 0 radical (unpaired) electrons. The number of rotatable bonds is 4. The van der Waals surface area contributed by atoms with Gasteiger partial charge in [0.2, 0.25) is 5.91 Å². The van der Waals surface area contributed by atoms with Crippen LogP contribution < -0.4 is 10.6 Å². The molecule has 5 rings (SSSR count). The summed E-state index contributed by atoms with van der Waals surface area (Å²) in [5, 5.41) is 0. The van der Waals surface area contributed by atoms with Crippen LogP contribution in [0.1, 0.15) is 20.9 Å². The molecule has 1 fully saturated rings. The van der Waals surface area contributed by atoms with Gasteiger partial charge in [-0.25, -0.2) is 9.97 Å². The molecule has 4 aromatic rings. The van der Waals surface area contributed by atoms with Crippen molar-refractivity contribution in [3.05, 3.63) is 72.6 Å². The molecule has 9 nitrogen and oxygen atoms in total. The summed E-state index contributed by atoms with van der Waals surface area (Å²) in [6.07, 6.45) is 6.83. The molecule has 1 aliphatic rings. The summed E-state index contributed by atoms with van der Waals surface area (Å²) in [6, 6.07) is 10.5. The van der Waals surface area contributed by atoms with Gasteiger partial charge >= 0.3 is 0 Å². The SMILES string of the molecule is NC(=O)c1cccc(-c2cnc3c(N4CCN(C(=O)c5ccco5)CC4)nccn23)c1. The number of primary amides is 1. The second-order valence-corrected chi connectivity index (χ2v) is 7.29. The van der Waals surface area contributed by atoms with Crippen LogP contribution in [0.15, 0.2) is 65.7 Å². The number of hydrogen-bond acceptors (Lipinski definition) is 6. The minimum atomic E-state index is -0.472. The lowest BCUT2D eigenvalue weighted by Gasteiger charge is -2.35. The predicted molar refractivity (Wildman–Crippen MR) is 114 cm³/mol. The number of nitrogens with zero attached hydrogens (tertiary/aromatic N) is 5. The van der Waals surface area contributed by atoms with Crippen LogP contribution in [-0.2, 0) is 0 Å². The standard InChI is InChI=1S/C22H20N6O3/c23-19(29)16-4-1-3-15(13-16)17-14-25-21-20(24-6-7-28(17)21)26-8-10-27(11-9-26)22(30)18-5-2-12-31-18/h1-7,12-14H,8-11H2,(H2,23,29). The number of amides is 2. The first-order valence-electron chi connectivity index (χ1n) is 9.92. The highest BCUT2D eigenvalue weighted by Crippen LogP contribution is 2.26. The van der Waals surface area contributed by atoms with E-state index in [1.165, 1.54) is 6.26 Å². The molecule has 3 aromatic heterocycles. The van der Waals surface area contributed by atoms with Crippen LogP contribution in [0.3, 0.4) is 0 Å². The van der Waals surface area contributed by atoms with Crippen LogP contribution in [0.25, 0.3) is 16.9 Å². The first kappa shape index (κ1) is 18.9. The zero-order valence-corrected chi connectivity index (χ0v) is 16.6. The van der Waals surface area contributed by atoms with Crippen molar-refractivity contribution in [1.82, 2.24) is 19.3 Å². The second-order valence-electron chi connectivity index (χ2n) is 7.29. The van der Waals surface area contributed by atoms with Crippen LogP contribution in [0, 0.1) is 0 Å². The van der Waals surface area contributed by atoms with Gasteiger partial charge in [0.1, 0.15) is 0 Å². The Kier molecular flexibility index (Phi) is 4.62. The molecule has 1 saturated heterocycles. The highest BCUT2D eigenvalue weighted by molar-refractivity contribution is 5.94. The Bertz CT molecular complexity index is 1260. The summed E-state index contributed by atoms with van der Waals surface area (Å²) in [4.78, 5) is 37.1. The highest BCUT2D eigenvalue weighted by atomic mass is 16.3. The Hall–Kier alpha value is -4.14. The van der Waals surface area contributed by atoms with E-state index in [-0.39, 0.29) is 5.91 Å². The third-order valence-electron chi connectivity index (χ3n) is 5.45. The van der Waals surface area contributed by atoms with E-state index in [0.29, 0.717) is 43.1 Å². The van der Waals surface area contributed by atoms with Gasteiger partial charge in [0.25, 0.3) is 5.91 Å². The third-order valence-corrected chi connectivity index (χ3v) is 5.45. The summed E-state index contributed by atoms with van der Waals surface area (Å²) in [5.74, 6) is 0.530. The van der Waals surface area contributed by atoms with Crippen molar-refractivity contribution in [2.24, 2.45) is 5.73 Å². The van der Waals surface area contributed by atoms with E-state index >= 15 is 0 Å². The van der Waals surface area contributed by atoms with Gasteiger partial charge in [-0.3, -0.25) is 14.0 Å². The number of furan rings is 1. The minimum Gasteiger partial charge on any atom is -0.459 e. The number of carbonyl (C=O) groups is 2. The van der Waals surface area contributed by atoms with Crippen LogP contribution in [0.2, 0.25) is 0 Å². The number of imidazole rings is 1. The van der Waals surface area contributed by atoms with Crippen molar-refractivity contribution >= 4 is 23.3 Å². The van der Waals surface area contributed by atoms with E-state index in [2.05, 4.69) is 14.9 Å². The summed E-state index contributed by atoms with van der Waals surface area (Å²) in [5.41, 5.74) is 8.26. The maximum absolute atomic E-state index is 12.5. The van der Waals surface area contributed by atoms with Gasteiger partial charge in [0, 0.05) is 49.7 Å². The number of piperazine rings is 1. The largest absolute Gasteiger partial charge is 0.459 e. The molecular weight excluding hydrogens is 396 g/mol. The zero-order chi connectivity index (χ0) is 21.4. The van der Waals surface area contributed by atoms with Crippen LogP contribution in [-0.4, -0.2) is 57.3 Å². The molecule has 0 aliphatic carbocycles. The number of fused-ring (bicyclic) bond motifs is 1. The number of hydrogen-bond donors (Lipinski definition) is 1. The van der Waals surface area contributed by atoms with E-state index in [4.69, 9.17) is 10.2 Å². The van der Waals surface area contributed by atoms with Gasteiger partial charge in [0.15, 0.2) is 17.2 Å². The minimum absolute atomic E-state index is 0.103. The topological polar surface area (TPSA) is 110 Å². The fourth-order valence-electron chi connectivity index (χ4n) is 3.85. The summed E-state index contributed by atoms with van der Waals surface area (Å²) >= 11 is 0. The molecule has 2 amide bonds. The molecule has 31 heavy (non-hydrogen) atoms. The Labute approximate surface area is 177 Å². The number of benzene rings is 1. The third kappa shape index (κ3) is 3.39. The summed E-state index contributed by atoms with van der Waals surface area (Å²) < 4.78 is 7.17. The number of anilines is 1. The zero-order valence-electron chi connectivity index (χ0n) is 16.6. The van der Waals surface area contributed by atoms with Crippen molar-refractivity contribution in [2.45, 2.75) is 0 Å². The number of aromatic nitrogens is 3. The fraction of sp³-hybridized carbons (Fsp3) is 0.182. The molecule has 0 spiro atoms. The molecule has 1 aliphatic heterocycles. The van der Waals surface area contributed by atoms with Crippen LogP contribution in [0.5, 0.6) is 0 Å². The molecule has 0 unspecified atom stereocenters. The van der Waals surface area contributed by atoms with Crippen molar-refractivity contribution in [1.29, 1.82) is 0 Å².